The molecule has 0 spiro atoms. The summed E-state index contributed by atoms with van der Waals surface area (Å²) < 4.78 is 25.7. The van der Waals surface area contributed by atoms with E-state index in [4.69, 9.17) is 14.5 Å². The lowest BCUT2D eigenvalue weighted by Gasteiger charge is -2.57. The maximum Gasteiger partial charge on any atom is 0.266 e. The molecule has 5 aromatic rings. The molecule has 0 radical (unpaired) electrons. The first-order chi connectivity index (χ1) is 34.4. The normalized spacial score (nSPS) is 21.9. The van der Waals surface area contributed by atoms with E-state index in [1.54, 1.807) is 43.6 Å². The molecule has 1 saturated carbocycles. The van der Waals surface area contributed by atoms with Crippen molar-refractivity contribution < 1.29 is 37.8 Å². The van der Waals surface area contributed by atoms with E-state index in [1.165, 1.54) is 36.9 Å². The third-order valence-electron chi connectivity index (χ3n) is 15.1. The fraction of sp³-hybridized carbons (Fsp3) is 0.377. The van der Waals surface area contributed by atoms with Crippen LogP contribution in [0, 0.1) is 17.2 Å². The van der Waals surface area contributed by atoms with Crippen LogP contribution in [-0.2, 0) is 14.4 Å². The van der Waals surface area contributed by atoms with Gasteiger partial charge in [0.2, 0.25) is 17.7 Å². The van der Waals surface area contributed by atoms with Crippen molar-refractivity contribution >= 4 is 63.3 Å². The van der Waals surface area contributed by atoms with Gasteiger partial charge in [-0.2, -0.15) is 0 Å². The number of rotatable bonds is 15. The monoisotopic (exact) mass is 962 g/mol. The summed E-state index contributed by atoms with van der Waals surface area (Å²) in [6.45, 7) is 9.99. The zero-order valence-electron chi connectivity index (χ0n) is 39.4. The molecule has 2 bridgehead atoms. The summed E-state index contributed by atoms with van der Waals surface area (Å²) in [7, 11) is 1.68. The van der Waals surface area contributed by atoms with Gasteiger partial charge in [0.25, 0.3) is 11.8 Å². The molecule has 2 aromatic heterocycles. The largest absolute Gasteiger partial charge is 0.495 e. The van der Waals surface area contributed by atoms with Crippen LogP contribution >= 0.6 is 0 Å². The first kappa shape index (κ1) is 46.0. The van der Waals surface area contributed by atoms with Crippen LogP contribution in [0.5, 0.6) is 17.2 Å². The highest BCUT2D eigenvalue weighted by Crippen LogP contribution is 2.48. The number of carbonyl (C=O) groups is 5. The summed E-state index contributed by atoms with van der Waals surface area (Å²) >= 11 is 0. The van der Waals surface area contributed by atoms with Gasteiger partial charge in [0, 0.05) is 92.7 Å². The second kappa shape index (κ2) is 18.7. The zero-order chi connectivity index (χ0) is 49.0. The van der Waals surface area contributed by atoms with Crippen LogP contribution in [0.4, 0.5) is 27.3 Å². The molecule has 3 atom stereocenters. The lowest BCUT2D eigenvalue weighted by atomic mass is 9.84. The SMILES string of the molecule is C=C1CCC(N2C(=O)c3ccnc(NCCN4CC5CC(C4)N5CC4CCN(c5cc6nccc(Oc7ccc(NC(=O)C8(C(=O)Nc9ccc(F)cc9)CC8)cc7)c6cc5OC)CC4)c3C2=O)C(=O)N1. The molecule has 18 heteroatoms. The number of benzene rings is 3. The number of pyridine rings is 2. The van der Waals surface area contributed by atoms with Crippen molar-refractivity contribution in [1.82, 2.24) is 30.0 Å². The average molecular weight is 963 g/mol. The molecule has 4 N–H and O–H groups in total. The minimum absolute atomic E-state index is 0.230. The minimum atomic E-state index is -1.17. The fourth-order valence-corrected chi connectivity index (χ4v) is 11.0. The summed E-state index contributed by atoms with van der Waals surface area (Å²) in [6, 6.07) is 20.0. The van der Waals surface area contributed by atoms with Gasteiger partial charge in [-0.1, -0.05) is 6.58 Å². The van der Waals surface area contributed by atoms with Gasteiger partial charge in [0.05, 0.1) is 29.4 Å². The van der Waals surface area contributed by atoms with Gasteiger partial charge < -0.3 is 35.6 Å². The van der Waals surface area contributed by atoms with Crippen LogP contribution < -0.4 is 35.6 Å². The molecule has 8 heterocycles. The highest BCUT2D eigenvalue weighted by Gasteiger charge is 2.56. The van der Waals surface area contributed by atoms with Crippen LogP contribution in [0.15, 0.2) is 97.5 Å². The van der Waals surface area contributed by atoms with Crippen molar-refractivity contribution in [3.63, 3.8) is 0 Å². The van der Waals surface area contributed by atoms with E-state index < -0.39 is 46.8 Å². The number of allylic oxidation sites excluding steroid dienone is 1. The Hall–Kier alpha value is -7.44. The third kappa shape index (κ3) is 8.90. The van der Waals surface area contributed by atoms with E-state index in [2.05, 4.69) is 53.6 Å². The van der Waals surface area contributed by atoms with Crippen LogP contribution in [0.2, 0.25) is 0 Å². The predicted molar refractivity (Wildman–Crippen MR) is 264 cm³/mol. The number of imide groups is 1. The van der Waals surface area contributed by atoms with E-state index >= 15 is 0 Å². The van der Waals surface area contributed by atoms with E-state index in [9.17, 15) is 28.4 Å². The number of carbonyl (C=O) groups excluding carboxylic acids is 5. The van der Waals surface area contributed by atoms with Crippen molar-refractivity contribution in [2.45, 2.75) is 63.1 Å². The van der Waals surface area contributed by atoms with Crippen LogP contribution in [0.3, 0.4) is 0 Å². The number of piperazine rings is 1. The molecular formula is C53H55FN10O7. The Kier molecular flexibility index (Phi) is 12.1. The Morgan fingerprint density at radius 3 is 2.23 bits per heavy atom. The standard InChI is InChI=1S/C53H55FN10O7/c1-31-3-12-42(48(65)58-31)64-49(66)39-13-19-56-47(46(39)50(64)67)57-21-24-61-29-36-25-37(30-61)63(36)28-32-15-22-62(23-16-32)43-27-41-40(26-45(43)70-2)44(14-20-55-41)71-38-10-8-35(9-11-38)60-52(69)53(17-18-53)51(68)59-34-6-4-33(54)5-7-34/h4-11,13-14,19-20,26-27,32,36-37,42H,1,3,12,15-18,21-25,28-30H2,2H3,(H,56,57)(H,58,65)(H,59,68)(H,60,69). The van der Waals surface area contributed by atoms with Gasteiger partial charge in [0.1, 0.15) is 40.3 Å². The highest BCUT2D eigenvalue weighted by molar-refractivity contribution is 6.25. The number of aromatic nitrogens is 2. The molecule has 3 aromatic carbocycles. The van der Waals surface area contributed by atoms with Crippen molar-refractivity contribution in [1.29, 1.82) is 0 Å². The van der Waals surface area contributed by atoms with E-state index in [0.717, 1.165) is 79.3 Å². The highest BCUT2D eigenvalue weighted by atomic mass is 19.1. The number of ether oxygens (including phenoxy) is 2. The number of piperidine rings is 3. The second-order valence-electron chi connectivity index (χ2n) is 19.5. The molecule has 5 saturated heterocycles. The molecule has 6 aliphatic heterocycles. The molecule has 366 valence electrons. The number of halogens is 1. The van der Waals surface area contributed by atoms with Gasteiger partial charge >= 0.3 is 0 Å². The number of methoxy groups -OCH3 is 1. The van der Waals surface area contributed by atoms with E-state index in [-0.39, 0.29) is 11.1 Å². The predicted octanol–water partition coefficient (Wildman–Crippen LogP) is 6.40. The number of nitrogens with one attached hydrogen (secondary N) is 4. The summed E-state index contributed by atoms with van der Waals surface area (Å²) in [5.41, 5.74) is 2.65. The van der Waals surface area contributed by atoms with Crippen LogP contribution in [0.1, 0.15) is 65.7 Å². The van der Waals surface area contributed by atoms with Crippen LogP contribution in [-0.4, -0.2) is 125 Å². The summed E-state index contributed by atoms with van der Waals surface area (Å²) in [5.74, 6) is 0.294. The Morgan fingerprint density at radius 2 is 1.55 bits per heavy atom. The average Bonchev–Trinajstić information content (AvgIpc) is 4.16. The third-order valence-corrected chi connectivity index (χ3v) is 15.1. The fourth-order valence-electron chi connectivity index (χ4n) is 11.0. The number of hydrogen-bond acceptors (Lipinski definition) is 13. The molecule has 1 aliphatic carbocycles. The molecular weight excluding hydrogens is 908 g/mol. The second-order valence-corrected chi connectivity index (χ2v) is 19.5. The van der Waals surface area contributed by atoms with Gasteiger partial charge in [-0.25, -0.2) is 9.37 Å². The van der Waals surface area contributed by atoms with Crippen molar-refractivity contribution in [2.75, 3.05) is 73.8 Å². The minimum Gasteiger partial charge on any atom is -0.495 e. The van der Waals surface area contributed by atoms with Gasteiger partial charge in [0.15, 0.2) is 0 Å². The molecule has 6 fully saturated rings. The Bertz CT molecular complexity index is 2950. The van der Waals surface area contributed by atoms with E-state index in [0.29, 0.717) is 84.6 Å². The van der Waals surface area contributed by atoms with Gasteiger partial charge in [-0.3, -0.25) is 43.7 Å². The number of nitrogens with zero attached hydrogens (tertiary/aromatic N) is 6. The summed E-state index contributed by atoms with van der Waals surface area (Å²) in [6.07, 6.45) is 8.29. The zero-order valence-corrected chi connectivity index (χ0v) is 39.4. The Balaban J connectivity index is 0.651. The smallest absolute Gasteiger partial charge is 0.266 e. The number of anilines is 4. The maximum atomic E-state index is 13.6. The molecule has 5 amide bonds. The summed E-state index contributed by atoms with van der Waals surface area (Å²) in [4.78, 5) is 83.6. The number of amides is 5. The molecule has 12 rings (SSSR count). The lowest BCUT2D eigenvalue weighted by Crippen LogP contribution is -2.69. The quantitative estimate of drug-likeness (QED) is 0.0667. The molecule has 7 aliphatic rings. The van der Waals surface area contributed by atoms with Gasteiger partial charge in [-0.05, 0) is 124 Å². The maximum absolute atomic E-state index is 13.6. The van der Waals surface area contributed by atoms with Crippen LogP contribution in [0.25, 0.3) is 10.9 Å². The lowest BCUT2D eigenvalue weighted by molar-refractivity contribution is -0.131. The first-order valence-corrected chi connectivity index (χ1v) is 24.4. The molecule has 71 heavy (non-hydrogen) atoms. The van der Waals surface area contributed by atoms with Crippen molar-refractivity contribution in [3.8, 4) is 17.2 Å². The van der Waals surface area contributed by atoms with E-state index in [1.807, 2.05) is 12.1 Å². The Labute approximate surface area is 409 Å². The summed E-state index contributed by atoms with van der Waals surface area (Å²) in [5, 5.41) is 12.4. The number of fused-ring (bicyclic) bond motifs is 4. The van der Waals surface area contributed by atoms with Crippen molar-refractivity contribution in [3.05, 3.63) is 114 Å². The number of hydrogen-bond donors (Lipinski definition) is 4. The Morgan fingerprint density at radius 1 is 0.859 bits per heavy atom. The van der Waals surface area contributed by atoms with Crippen molar-refractivity contribution in [2.24, 2.45) is 11.3 Å². The molecule has 17 nitrogen and oxygen atoms in total. The van der Waals surface area contributed by atoms with Gasteiger partial charge in [-0.15, -0.1) is 0 Å². The first-order valence-electron chi connectivity index (χ1n) is 24.4. The molecule has 3 unspecified atom stereocenters. The topological polar surface area (TPSA) is 191 Å².